The number of carbonyl (C=O) groups is 1. The fourth-order valence-corrected chi connectivity index (χ4v) is 4.50. The molecule has 156 valence electrons. The van der Waals surface area contributed by atoms with E-state index in [0.717, 1.165) is 18.8 Å². The number of nitrogens with zero attached hydrogens (tertiary/aromatic N) is 1. The van der Waals surface area contributed by atoms with Crippen molar-refractivity contribution in [1.82, 2.24) is 4.72 Å². The molecule has 1 aliphatic rings. The molecule has 1 aliphatic heterocycles. The average molecular weight is 438 g/mol. The molecule has 1 amide bonds. The quantitative estimate of drug-likeness (QED) is 0.725. The molecule has 1 saturated heterocycles. The van der Waals surface area contributed by atoms with Gasteiger partial charge in [-0.3, -0.25) is 4.79 Å². The Morgan fingerprint density at radius 2 is 1.86 bits per heavy atom. The van der Waals surface area contributed by atoms with Crippen LogP contribution in [0.2, 0.25) is 5.02 Å². The lowest BCUT2D eigenvalue weighted by molar-refractivity contribution is 0.102. The van der Waals surface area contributed by atoms with E-state index in [1.165, 1.54) is 18.2 Å². The number of rotatable bonds is 6. The summed E-state index contributed by atoms with van der Waals surface area (Å²) in [5.74, 6) is -0.476. The fraction of sp³-hybridized carbons (Fsp3) is 0.350. The third-order valence-corrected chi connectivity index (χ3v) is 6.35. The summed E-state index contributed by atoms with van der Waals surface area (Å²) >= 11 is 6.17. The first-order valence-corrected chi connectivity index (χ1v) is 11.2. The van der Waals surface area contributed by atoms with Crippen molar-refractivity contribution in [2.24, 2.45) is 0 Å². The van der Waals surface area contributed by atoms with Crippen molar-refractivity contribution < 1.29 is 17.9 Å². The van der Waals surface area contributed by atoms with Gasteiger partial charge in [0.05, 0.1) is 28.7 Å². The predicted molar refractivity (Wildman–Crippen MR) is 114 cm³/mol. The van der Waals surface area contributed by atoms with Gasteiger partial charge in [-0.25, -0.2) is 13.1 Å². The van der Waals surface area contributed by atoms with Crippen LogP contribution in [0.4, 0.5) is 11.4 Å². The minimum Gasteiger partial charge on any atom is -0.378 e. The molecule has 1 fully saturated rings. The van der Waals surface area contributed by atoms with Crippen LogP contribution in [0.25, 0.3) is 0 Å². The average Bonchev–Trinajstić information content (AvgIpc) is 2.68. The van der Waals surface area contributed by atoms with Crippen LogP contribution in [0.1, 0.15) is 24.2 Å². The van der Waals surface area contributed by atoms with Crippen LogP contribution in [0.15, 0.2) is 47.4 Å². The molecule has 2 aromatic carbocycles. The summed E-state index contributed by atoms with van der Waals surface area (Å²) < 4.78 is 32.7. The Balaban J connectivity index is 1.81. The van der Waals surface area contributed by atoms with Gasteiger partial charge in [0.1, 0.15) is 0 Å². The molecule has 0 saturated carbocycles. The fourth-order valence-electron chi connectivity index (χ4n) is 3.02. The maximum atomic E-state index is 12.8. The molecule has 0 radical (unpaired) electrons. The number of carbonyl (C=O) groups excluding carboxylic acids is 1. The van der Waals surface area contributed by atoms with Crippen LogP contribution in [0, 0.1) is 0 Å². The van der Waals surface area contributed by atoms with Gasteiger partial charge in [-0.2, -0.15) is 0 Å². The monoisotopic (exact) mass is 437 g/mol. The van der Waals surface area contributed by atoms with Gasteiger partial charge in [0.25, 0.3) is 5.91 Å². The number of anilines is 2. The van der Waals surface area contributed by atoms with Gasteiger partial charge in [0.15, 0.2) is 0 Å². The molecule has 9 heteroatoms. The molecule has 3 rings (SSSR count). The lowest BCUT2D eigenvalue weighted by Gasteiger charge is -2.29. The van der Waals surface area contributed by atoms with Crippen molar-refractivity contribution in [3.63, 3.8) is 0 Å². The van der Waals surface area contributed by atoms with Crippen LogP contribution >= 0.6 is 11.6 Å². The first-order valence-electron chi connectivity index (χ1n) is 9.32. The van der Waals surface area contributed by atoms with Gasteiger partial charge in [-0.15, -0.1) is 0 Å². The Morgan fingerprint density at radius 3 is 2.55 bits per heavy atom. The second kappa shape index (κ2) is 9.13. The summed E-state index contributed by atoms with van der Waals surface area (Å²) in [6.45, 7) is 6.35. The molecule has 0 atom stereocenters. The third-order valence-electron chi connectivity index (χ3n) is 4.36. The van der Waals surface area contributed by atoms with Gasteiger partial charge < -0.3 is 15.0 Å². The number of benzene rings is 2. The highest BCUT2D eigenvalue weighted by atomic mass is 35.5. The Bertz CT molecular complexity index is 989. The Morgan fingerprint density at radius 1 is 1.14 bits per heavy atom. The topological polar surface area (TPSA) is 87.7 Å². The van der Waals surface area contributed by atoms with Gasteiger partial charge >= 0.3 is 0 Å². The zero-order valence-electron chi connectivity index (χ0n) is 16.3. The number of hydrogen-bond acceptors (Lipinski definition) is 5. The molecule has 29 heavy (non-hydrogen) atoms. The number of sulfonamides is 1. The van der Waals surface area contributed by atoms with Crippen molar-refractivity contribution in [2.45, 2.75) is 24.8 Å². The number of ether oxygens (including phenoxy) is 1. The van der Waals surface area contributed by atoms with E-state index < -0.39 is 15.9 Å². The van der Waals surface area contributed by atoms with Crippen molar-refractivity contribution in [2.75, 3.05) is 36.5 Å². The lowest BCUT2D eigenvalue weighted by atomic mass is 10.2. The standard InChI is InChI=1S/C20H24ClN3O4S/c1-14(2)23-29(26,27)17-6-7-19(21)18(13-17)20(25)22-15-4-3-5-16(12-15)24-8-10-28-11-9-24/h3-7,12-14,23H,8-11H2,1-2H3,(H,22,25). The molecule has 7 nitrogen and oxygen atoms in total. The molecule has 0 unspecified atom stereocenters. The third kappa shape index (κ3) is 5.48. The first kappa shape index (κ1) is 21.6. The molecular weight excluding hydrogens is 414 g/mol. The van der Waals surface area contributed by atoms with E-state index in [9.17, 15) is 13.2 Å². The van der Waals surface area contributed by atoms with Gasteiger partial charge in [-0.05, 0) is 50.2 Å². The lowest BCUT2D eigenvalue weighted by Crippen LogP contribution is -2.36. The van der Waals surface area contributed by atoms with Gasteiger partial charge in [0.2, 0.25) is 10.0 Å². The van der Waals surface area contributed by atoms with E-state index >= 15 is 0 Å². The predicted octanol–water partition coefficient (Wildman–Crippen LogP) is 3.12. The maximum Gasteiger partial charge on any atom is 0.257 e. The molecule has 2 aromatic rings. The molecule has 0 aliphatic carbocycles. The molecule has 0 spiro atoms. The van der Waals surface area contributed by atoms with E-state index in [1.54, 1.807) is 19.9 Å². The summed E-state index contributed by atoms with van der Waals surface area (Å²) in [6, 6.07) is 11.3. The summed E-state index contributed by atoms with van der Waals surface area (Å²) in [7, 11) is -3.73. The molecule has 2 N–H and O–H groups in total. The number of nitrogens with one attached hydrogen (secondary N) is 2. The van der Waals surface area contributed by atoms with E-state index in [4.69, 9.17) is 16.3 Å². The Hall–Kier alpha value is -2.13. The Labute approximate surface area is 176 Å². The SMILES string of the molecule is CC(C)NS(=O)(=O)c1ccc(Cl)c(C(=O)Nc2cccc(N3CCOCC3)c2)c1. The number of morpholine rings is 1. The van der Waals surface area contributed by atoms with Crippen molar-refractivity contribution in [3.05, 3.63) is 53.1 Å². The maximum absolute atomic E-state index is 12.8. The largest absolute Gasteiger partial charge is 0.378 e. The van der Waals surface area contributed by atoms with E-state index in [-0.39, 0.29) is 21.5 Å². The summed E-state index contributed by atoms with van der Waals surface area (Å²) in [6.07, 6.45) is 0. The zero-order valence-corrected chi connectivity index (χ0v) is 17.9. The summed E-state index contributed by atoms with van der Waals surface area (Å²) in [5.41, 5.74) is 1.67. The van der Waals surface area contributed by atoms with Crippen molar-refractivity contribution in [3.8, 4) is 0 Å². The smallest absolute Gasteiger partial charge is 0.257 e. The van der Waals surface area contributed by atoms with Crippen LogP contribution in [0.5, 0.6) is 0 Å². The summed E-state index contributed by atoms with van der Waals surface area (Å²) in [5, 5.41) is 2.98. The number of halogens is 1. The minimum absolute atomic E-state index is 0.0113. The zero-order chi connectivity index (χ0) is 21.0. The van der Waals surface area contributed by atoms with Crippen molar-refractivity contribution >= 4 is 38.9 Å². The second-order valence-corrected chi connectivity index (χ2v) is 9.14. The molecule has 1 heterocycles. The van der Waals surface area contributed by atoms with E-state index in [2.05, 4.69) is 14.9 Å². The number of hydrogen-bond donors (Lipinski definition) is 2. The van der Waals surface area contributed by atoms with Crippen LogP contribution in [0.3, 0.4) is 0 Å². The Kier molecular flexibility index (Phi) is 6.79. The number of amides is 1. The van der Waals surface area contributed by atoms with Crippen LogP contribution in [-0.4, -0.2) is 46.7 Å². The van der Waals surface area contributed by atoms with Crippen LogP contribution < -0.4 is 14.9 Å². The van der Waals surface area contributed by atoms with Crippen LogP contribution in [-0.2, 0) is 14.8 Å². The highest BCUT2D eigenvalue weighted by Gasteiger charge is 2.20. The highest BCUT2D eigenvalue weighted by Crippen LogP contribution is 2.24. The highest BCUT2D eigenvalue weighted by molar-refractivity contribution is 7.89. The van der Waals surface area contributed by atoms with Gasteiger partial charge in [0, 0.05) is 30.5 Å². The summed E-state index contributed by atoms with van der Waals surface area (Å²) in [4.78, 5) is 14.9. The normalized spacial score (nSPS) is 14.8. The van der Waals surface area contributed by atoms with Crippen molar-refractivity contribution in [1.29, 1.82) is 0 Å². The molecule has 0 bridgehead atoms. The second-order valence-electron chi connectivity index (χ2n) is 7.02. The molecule has 0 aromatic heterocycles. The van der Waals surface area contributed by atoms with Gasteiger partial charge in [-0.1, -0.05) is 17.7 Å². The first-order chi connectivity index (χ1) is 13.8. The molecular formula is C20H24ClN3O4S. The van der Waals surface area contributed by atoms with E-state index in [0.29, 0.717) is 18.9 Å². The van der Waals surface area contributed by atoms with E-state index in [1.807, 2.05) is 18.2 Å². The minimum atomic E-state index is -3.73.